The van der Waals surface area contributed by atoms with Gasteiger partial charge >= 0.3 is 11.8 Å². The third kappa shape index (κ3) is 6.85. The first-order valence-electron chi connectivity index (χ1n) is 10.6. The summed E-state index contributed by atoms with van der Waals surface area (Å²) in [7, 11) is 0. The van der Waals surface area contributed by atoms with Crippen molar-refractivity contribution in [3.63, 3.8) is 0 Å². The first-order chi connectivity index (χ1) is 15.5. The highest BCUT2D eigenvalue weighted by atomic mass is 35.5. The van der Waals surface area contributed by atoms with E-state index in [9.17, 15) is 14.9 Å². The molecular formula is C22H27Cl2N5O4. The van der Waals surface area contributed by atoms with E-state index in [0.29, 0.717) is 41.1 Å². The SMILES string of the molecule is CC(C)(C)OC(=O)N1CC[C@@H](CNc2ccc([N+](=O)[O-])c(NCc3c(Cl)cccc3Cl)n2)C1. The van der Waals surface area contributed by atoms with Crippen LogP contribution in [0.15, 0.2) is 30.3 Å². The van der Waals surface area contributed by atoms with E-state index in [4.69, 9.17) is 27.9 Å². The van der Waals surface area contributed by atoms with Crippen LogP contribution >= 0.6 is 23.2 Å². The highest BCUT2D eigenvalue weighted by Gasteiger charge is 2.29. The van der Waals surface area contributed by atoms with E-state index >= 15 is 0 Å². The number of ether oxygens (including phenoxy) is 1. The predicted molar refractivity (Wildman–Crippen MR) is 129 cm³/mol. The van der Waals surface area contributed by atoms with Gasteiger partial charge in [-0.05, 0) is 51.3 Å². The van der Waals surface area contributed by atoms with E-state index in [1.807, 2.05) is 20.8 Å². The van der Waals surface area contributed by atoms with E-state index in [1.54, 1.807) is 29.2 Å². The number of carbonyl (C=O) groups excluding carboxylic acids is 1. The van der Waals surface area contributed by atoms with Crippen molar-refractivity contribution in [3.05, 3.63) is 56.1 Å². The van der Waals surface area contributed by atoms with Crippen LogP contribution in [0.1, 0.15) is 32.8 Å². The van der Waals surface area contributed by atoms with Gasteiger partial charge in [0, 0.05) is 47.9 Å². The number of nitrogens with one attached hydrogen (secondary N) is 2. The number of hydrogen-bond acceptors (Lipinski definition) is 7. The molecule has 1 saturated heterocycles. The molecule has 1 aliphatic heterocycles. The van der Waals surface area contributed by atoms with Gasteiger partial charge in [-0.25, -0.2) is 9.78 Å². The monoisotopic (exact) mass is 495 g/mol. The van der Waals surface area contributed by atoms with Crippen molar-refractivity contribution in [2.24, 2.45) is 5.92 Å². The number of anilines is 2. The summed E-state index contributed by atoms with van der Waals surface area (Å²) in [6.07, 6.45) is 0.512. The second-order valence-corrected chi connectivity index (χ2v) is 9.65. The number of likely N-dealkylation sites (tertiary alicyclic amines) is 1. The number of carbonyl (C=O) groups is 1. The van der Waals surface area contributed by atoms with Crippen LogP contribution in [0.4, 0.5) is 22.1 Å². The minimum atomic E-state index is -0.534. The molecule has 0 bridgehead atoms. The summed E-state index contributed by atoms with van der Waals surface area (Å²) in [5.74, 6) is 0.819. The summed E-state index contributed by atoms with van der Waals surface area (Å²) >= 11 is 12.4. The molecule has 0 radical (unpaired) electrons. The topological polar surface area (TPSA) is 110 Å². The maximum atomic E-state index is 12.2. The molecule has 1 amide bonds. The summed E-state index contributed by atoms with van der Waals surface area (Å²) in [5, 5.41) is 18.6. The Morgan fingerprint density at radius 1 is 1.24 bits per heavy atom. The maximum absolute atomic E-state index is 12.2. The largest absolute Gasteiger partial charge is 0.444 e. The lowest BCUT2D eigenvalue weighted by Gasteiger charge is -2.24. The zero-order valence-corrected chi connectivity index (χ0v) is 20.2. The summed E-state index contributed by atoms with van der Waals surface area (Å²) in [4.78, 5) is 29.3. The van der Waals surface area contributed by atoms with E-state index < -0.39 is 10.5 Å². The molecule has 1 atom stereocenters. The fourth-order valence-electron chi connectivity index (χ4n) is 3.44. The third-order valence-electron chi connectivity index (χ3n) is 5.07. The van der Waals surface area contributed by atoms with Crippen molar-refractivity contribution < 1.29 is 14.5 Å². The van der Waals surface area contributed by atoms with E-state index in [0.717, 1.165) is 6.42 Å². The van der Waals surface area contributed by atoms with Gasteiger partial charge in [0.25, 0.3) is 0 Å². The zero-order valence-electron chi connectivity index (χ0n) is 18.7. The first kappa shape index (κ1) is 24.9. The molecule has 9 nitrogen and oxygen atoms in total. The lowest BCUT2D eigenvalue weighted by molar-refractivity contribution is -0.384. The van der Waals surface area contributed by atoms with Gasteiger partial charge in [0.15, 0.2) is 0 Å². The summed E-state index contributed by atoms with van der Waals surface area (Å²) in [6, 6.07) is 8.09. The molecule has 3 rings (SSSR count). The number of hydrogen-bond donors (Lipinski definition) is 2. The molecule has 0 saturated carbocycles. The second kappa shape index (κ2) is 10.4. The van der Waals surface area contributed by atoms with Crippen LogP contribution in [0.5, 0.6) is 0 Å². The van der Waals surface area contributed by atoms with Crippen LogP contribution in [-0.4, -0.2) is 46.1 Å². The van der Waals surface area contributed by atoms with Crippen molar-refractivity contribution in [1.82, 2.24) is 9.88 Å². The molecule has 33 heavy (non-hydrogen) atoms. The van der Waals surface area contributed by atoms with Gasteiger partial charge < -0.3 is 20.3 Å². The molecule has 178 valence electrons. The third-order valence-corrected chi connectivity index (χ3v) is 5.78. The zero-order chi connectivity index (χ0) is 24.2. The Bertz CT molecular complexity index is 1010. The molecule has 0 spiro atoms. The van der Waals surface area contributed by atoms with E-state index in [1.165, 1.54) is 6.07 Å². The second-order valence-electron chi connectivity index (χ2n) is 8.84. The van der Waals surface area contributed by atoms with Crippen molar-refractivity contribution >= 4 is 46.6 Å². The predicted octanol–water partition coefficient (Wildman–Crippen LogP) is 5.58. The fraction of sp³-hybridized carbons (Fsp3) is 0.455. The lowest BCUT2D eigenvalue weighted by Crippen LogP contribution is -2.35. The number of pyridine rings is 1. The molecule has 1 aliphatic rings. The smallest absolute Gasteiger partial charge is 0.410 e. The molecule has 1 fully saturated rings. The molecule has 11 heteroatoms. The Balaban J connectivity index is 1.62. The van der Waals surface area contributed by atoms with Gasteiger partial charge in [-0.2, -0.15) is 0 Å². The summed E-state index contributed by atoms with van der Waals surface area (Å²) < 4.78 is 5.43. The lowest BCUT2D eigenvalue weighted by atomic mass is 10.1. The van der Waals surface area contributed by atoms with Gasteiger partial charge in [0.1, 0.15) is 11.4 Å². The minimum absolute atomic E-state index is 0.114. The van der Waals surface area contributed by atoms with Gasteiger partial charge in [-0.15, -0.1) is 0 Å². The highest BCUT2D eigenvalue weighted by Crippen LogP contribution is 2.29. The van der Waals surface area contributed by atoms with Crippen molar-refractivity contribution in [1.29, 1.82) is 0 Å². The molecule has 1 aromatic heterocycles. The van der Waals surface area contributed by atoms with E-state index in [2.05, 4.69) is 15.6 Å². The number of benzene rings is 1. The Hall–Kier alpha value is -2.78. The minimum Gasteiger partial charge on any atom is -0.444 e. The molecule has 1 aromatic carbocycles. The maximum Gasteiger partial charge on any atom is 0.410 e. The van der Waals surface area contributed by atoms with Crippen LogP contribution in [0, 0.1) is 16.0 Å². The van der Waals surface area contributed by atoms with Gasteiger partial charge in [0.2, 0.25) is 5.82 Å². The summed E-state index contributed by atoms with van der Waals surface area (Å²) in [6.45, 7) is 7.47. The first-order valence-corrected chi connectivity index (χ1v) is 11.3. The number of halogens is 2. The number of nitro groups is 1. The van der Waals surface area contributed by atoms with Crippen molar-refractivity contribution in [2.45, 2.75) is 39.3 Å². The number of nitrogens with zero attached hydrogens (tertiary/aromatic N) is 3. The highest BCUT2D eigenvalue weighted by molar-refractivity contribution is 6.36. The van der Waals surface area contributed by atoms with Crippen molar-refractivity contribution in [3.8, 4) is 0 Å². The Morgan fingerprint density at radius 2 is 1.94 bits per heavy atom. The average Bonchev–Trinajstić information content (AvgIpc) is 3.20. The fourth-order valence-corrected chi connectivity index (χ4v) is 3.97. The Morgan fingerprint density at radius 3 is 2.58 bits per heavy atom. The van der Waals surface area contributed by atoms with Crippen LogP contribution in [0.2, 0.25) is 10.0 Å². The van der Waals surface area contributed by atoms with Crippen LogP contribution in [0.3, 0.4) is 0 Å². The molecule has 2 heterocycles. The van der Waals surface area contributed by atoms with Crippen LogP contribution < -0.4 is 10.6 Å². The average molecular weight is 496 g/mol. The van der Waals surface area contributed by atoms with Crippen molar-refractivity contribution in [2.75, 3.05) is 30.3 Å². The Kier molecular flexibility index (Phi) is 7.86. The van der Waals surface area contributed by atoms with Gasteiger partial charge in [0.05, 0.1) is 4.92 Å². The standard InChI is InChI=1S/C22H27Cl2N5O4/c1-22(2,3)33-21(30)28-10-9-14(13-28)11-25-19-8-7-18(29(31)32)20(27-19)26-12-15-16(23)5-4-6-17(15)24/h4-8,14H,9-13H2,1-3H3,(H2,25,26,27)/t14-/m0/s1. The molecule has 2 N–H and O–H groups in total. The number of aromatic nitrogens is 1. The quantitative estimate of drug-likeness (QED) is 0.381. The molecular weight excluding hydrogens is 469 g/mol. The number of amides is 1. The van der Waals surface area contributed by atoms with Crippen LogP contribution in [-0.2, 0) is 11.3 Å². The van der Waals surface area contributed by atoms with Gasteiger partial charge in [-0.3, -0.25) is 10.1 Å². The molecule has 0 unspecified atom stereocenters. The Labute approximate surface area is 202 Å². The number of rotatable bonds is 7. The summed E-state index contributed by atoms with van der Waals surface area (Å²) in [5.41, 5.74) is -0.0579. The molecule has 2 aromatic rings. The van der Waals surface area contributed by atoms with E-state index in [-0.39, 0.29) is 30.1 Å². The van der Waals surface area contributed by atoms with Crippen LogP contribution in [0.25, 0.3) is 0 Å². The molecule has 0 aliphatic carbocycles. The van der Waals surface area contributed by atoms with Gasteiger partial charge in [-0.1, -0.05) is 29.3 Å². The normalized spacial score (nSPS) is 15.9.